The molecule has 3 aromatic rings. The molecule has 5 heteroatoms. The summed E-state index contributed by atoms with van der Waals surface area (Å²) in [7, 11) is 0. The Labute approximate surface area is 164 Å². The highest BCUT2D eigenvalue weighted by atomic mass is 16.5. The molecule has 1 amide bonds. The Morgan fingerprint density at radius 1 is 0.929 bits per heavy atom. The highest BCUT2D eigenvalue weighted by molar-refractivity contribution is 5.97. The molecule has 0 radical (unpaired) electrons. The summed E-state index contributed by atoms with van der Waals surface area (Å²) < 4.78 is 10.6. The summed E-state index contributed by atoms with van der Waals surface area (Å²) in [5.41, 5.74) is 3.97. The van der Waals surface area contributed by atoms with Gasteiger partial charge in [-0.3, -0.25) is 4.79 Å². The first-order valence-electron chi connectivity index (χ1n) is 9.11. The molecule has 1 N–H and O–H groups in total. The van der Waals surface area contributed by atoms with E-state index in [-0.39, 0.29) is 12.5 Å². The number of furan rings is 1. The summed E-state index contributed by atoms with van der Waals surface area (Å²) in [5, 5.41) is 2.83. The Balaban J connectivity index is 1.63. The first-order chi connectivity index (χ1) is 13.5. The van der Waals surface area contributed by atoms with Gasteiger partial charge in [0.25, 0.3) is 5.91 Å². The molecule has 0 spiro atoms. The number of hydrogen-bond donors (Lipinski definition) is 1. The second-order valence-electron chi connectivity index (χ2n) is 6.66. The summed E-state index contributed by atoms with van der Waals surface area (Å²) >= 11 is 0. The van der Waals surface area contributed by atoms with Crippen LogP contribution in [-0.4, -0.2) is 18.5 Å². The van der Waals surface area contributed by atoms with Gasteiger partial charge in [0.15, 0.2) is 6.61 Å². The zero-order chi connectivity index (χ0) is 20.1. The van der Waals surface area contributed by atoms with Crippen LogP contribution in [0.4, 0.5) is 5.69 Å². The number of carbonyl (C=O) groups excluding carboxylic acids is 2. The molecule has 0 saturated carbocycles. The Morgan fingerprint density at radius 2 is 1.61 bits per heavy atom. The second-order valence-corrected chi connectivity index (χ2v) is 6.66. The number of para-hydroxylation sites is 1. The maximum Gasteiger partial charge on any atom is 0.342 e. The van der Waals surface area contributed by atoms with Crippen molar-refractivity contribution < 1.29 is 18.7 Å². The van der Waals surface area contributed by atoms with E-state index in [1.165, 1.54) is 0 Å². The normalized spacial score (nSPS) is 10.5. The number of rotatable bonds is 6. The highest BCUT2D eigenvalue weighted by Gasteiger charge is 2.21. The summed E-state index contributed by atoms with van der Waals surface area (Å²) in [4.78, 5) is 24.6. The average Bonchev–Trinajstić information content (AvgIpc) is 2.94. The molecule has 3 rings (SSSR count). The fraction of sp³-hybridized carbons (Fsp3) is 0.217. The van der Waals surface area contributed by atoms with Crippen molar-refractivity contribution in [3.05, 3.63) is 88.4 Å². The quantitative estimate of drug-likeness (QED) is 0.638. The van der Waals surface area contributed by atoms with Crippen LogP contribution in [0, 0.1) is 20.8 Å². The Bertz CT molecular complexity index is 989. The SMILES string of the molecule is Cc1oc(C)c(C(=O)OCC(=O)Nc2ccccc2Cc2ccccc2)c1C. The van der Waals surface area contributed by atoms with Gasteiger partial charge < -0.3 is 14.5 Å². The van der Waals surface area contributed by atoms with Gasteiger partial charge >= 0.3 is 5.97 Å². The molecule has 0 saturated heterocycles. The Hall–Kier alpha value is -3.34. The van der Waals surface area contributed by atoms with Gasteiger partial charge in [0.05, 0.1) is 0 Å². The molecule has 5 nitrogen and oxygen atoms in total. The summed E-state index contributed by atoms with van der Waals surface area (Å²) in [6, 6.07) is 17.6. The molecule has 2 aromatic carbocycles. The lowest BCUT2D eigenvalue weighted by Gasteiger charge is -2.11. The molecule has 0 aliphatic carbocycles. The van der Waals surface area contributed by atoms with E-state index in [9.17, 15) is 9.59 Å². The molecule has 144 valence electrons. The molecule has 0 bridgehead atoms. The monoisotopic (exact) mass is 377 g/mol. The zero-order valence-corrected chi connectivity index (χ0v) is 16.2. The van der Waals surface area contributed by atoms with Crippen LogP contribution in [0.15, 0.2) is 59.0 Å². The van der Waals surface area contributed by atoms with Crippen molar-refractivity contribution in [2.75, 3.05) is 11.9 Å². The molecule has 0 fully saturated rings. The number of esters is 1. The molecule has 28 heavy (non-hydrogen) atoms. The van der Waals surface area contributed by atoms with E-state index in [1.54, 1.807) is 20.8 Å². The standard InChI is InChI=1S/C23H23NO4/c1-15-16(2)28-17(3)22(15)23(26)27-14-21(25)24-20-12-8-7-11-19(20)13-18-9-5-4-6-10-18/h4-12H,13-14H2,1-3H3,(H,24,25). The second kappa shape index (κ2) is 8.57. The molecular weight excluding hydrogens is 354 g/mol. The largest absolute Gasteiger partial charge is 0.465 e. The Kier molecular flexibility index (Phi) is 5.94. The van der Waals surface area contributed by atoms with Gasteiger partial charge in [-0.2, -0.15) is 0 Å². The minimum atomic E-state index is -0.556. The maximum absolute atomic E-state index is 12.3. The number of benzene rings is 2. The van der Waals surface area contributed by atoms with E-state index >= 15 is 0 Å². The van der Waals surface area contributed by atoms with Crippen LogP contribution in [0.1, 0.15) is 38.6 Å². The predicted molar refractivity (Wildman–Crippen MR) is 108 cm³/mol. The van der Waals surface area contributed by atoms with Crippen molar-refractivity contribution >= 4 is 17.6 Å². The number of hydrogen-bond acceptors (Lipinski definition) is 4. The van der Waals surface area contributed by atoms with Crippen molar-refractivity contribution in [1.82, 2.24) is 0 Å². The number of carbonyl (C=O) groups is 2. The van der Waals surface area contributed by atoms with E-state index in [1.807, 2.05) is 54.6 Å². The van der Waals surface area contributed by atoms with Crippen LogP contribution >= 0.6 is 0 Å². The lowest BCUT2D eigenvalue weighted by atomic mass is 10.0. The number of aryl methyl sites for hydroxylation is 2. The van der Waals surface area contributed by atoms with Crippen molar-refractivity contribution in [2.45, 2.75) is 27.2 Å². The van der Waals surface area contributed by atoms with Crippen molar-refractivity contribution in [2.24, 2.45) is 0 Å². The third-order valence-electron chi connectivity index (χ3n) is 4.63. The van der Waals surface area contributed by atoms with Gasteiger partial charge in [0.2, 0.25) is 0 Å². The van der Waals surface area contributed by atoms with Crippen LogP contribution in [-0.2, 0) is 16.0 Å². The topological polar surface area (TPSA) is 68.5 Å². The molecule has 0 aliphatic heterocycles. The third kappa shape index (κ3) is 4.49. The fourth-order valence-corrected chi connectivity index (χ4v) is 3.10. The Morgan fingerprint density at radius 3 is 2.29 bits per heavy atom. The third-order valence-corrected chi connectivity index (χ3v) is 4.63. The predicted octanol–water partition coefficient (Wildman–Crippen LogP) is 4.59. The van der Waals surface area contributed by atoms with Crippen molar-refractivity contribution in [3.8, 4) is 0 Å². The van der Waals surface area contributed by atoms with E-state index in [2.05, 4.69) is 5.32 Å². The molecule has 0 aliphatic rings. The molecule has 1 heterocycles. The van der Waals surface area contributed by atoms with Crippen LogP contribution in [0.25, 0.3) is 0 Å². The minimum Gasteiger partial charge on any atom is -0.465 e. The average molecular weight is 377 g/mol. The highest BCUT2D eigenvalue weighted by Crippen LogP contribution is 2.22. The number of nitrogens with one attached hydrogen (secondary N) is 1. The van der Waals surface area contributed by atoms with E-state index in [0.717, 1.165) is 16.7 Å². The van der Waals surface area contributed by atoms with Gasteiger partial charge in [0, 0.05) is 11.3 Å². The smallest absolute Gasteiger partial charge is 0.342 e. The molecular formula is C23H23NO4. The van der Waals surface area contributed by atoms with Gasteiger partial charge in [0.1, 0.15) is 17.1 Å². The number of amides is 1. The minimum absolute atomic E-state index is 0.360. The lowest BCUT2D eigenvalue weighted by molar-refractivity contribution is -0.119. The van der Waals surface area contributed by atoms with Crippen LogP contribution < -0.4 is 5.32 Å². The lowest BCUT2D eigenvalue weighted by Crippen LogP contribution is -2.22. The first-order valence-corrected chi connectivity index (χ1v) is 9.11. The molecule has 0 atom stereocenters. The molecule has 1 aromatic heterocycles. The van der Waals surface area contributed by atoms with Crippen molar-refractivity contribution in [1.29, 1.82) is 0 Å². The summed E-state index contributed by atoms with van der Waals surface area (Å²) in [6.45, 7) is 4.93. The fourth-order valence-electron chi connectivity index (χ4n) is 3.10. The first kappa shape index (κ1) is 19.4. The zero-order valence-electron chi connectivity index (χ0n) is 16.2. The van der Waals surface area contributed by atoms with Gasteiger partial charge in [-0.15, -0.1) is 0 Å². The van der Waals surface area contributed by atoms with Crippen LogP contribution in [0.3, 0.4) is 0 Å². The van der Waals surface area contributed by atoms with Gasteiger partial charge in [-0.05, 0) is 44.4 Å². The number of anilines is 1. The van der Waals surface area contributed by atoms with Crippen LogP contribution in [0.2, 0.25) is 0 Å². The van der Waals surface area contributed by atoms with E-state index < -0.39 is 5.97 Å². The molecule has 0 unspecified atom stereocenters. The maximum atomic E-state index is 12.3. The van der Waals surface area contributed by atoms with E-state index in [4.69, 9.17) is 9.15 Å². The van der Waals surface area contributed by atoms with Crippen LogP contribution in [0.5, 0.6) is 0 Å². The van der Waals surface area contributed by atoms with Gasteiger partial charge in [-0.1, -0.05) is 48.5 Å². The summed E-state index contributed by atoms with van der Waals surface area (Å²) in [5.74, 6) is 0.223. The number of ether oxygens (including phenoxy) is 1. The van der Waals surface area contributed by atoms with Crippen molar-refractivity contribution in [3.63, 3.8) is 0 Å². The van der Waals surface area contributed by atoms with Gasteiger partial charge in [-0.25, -0.2) is 4.79 Å². The summed E-state index contributed by atoms with van der Waals surface area (Å²) in [6.07, 6.45) is 0.698. The van der Waals surface area contributed by atoms with E-state index in [0.29, 0.717) is 29.2 Å².